The van der Waals surface area contributed by atoms with Crippen molar-refractivity contribution in [3.05, 3.63) is 76.2 Å². The monoisotopic (exact) mass is 448 g/mol. The molecule has 1 heterocycles. The number of para-hydroxylation sites is 2. The highest BCUT2D eigenvalue weighted by Crippen LogP contribution is 2.32. The van der Waals surface area contributed by atoms with Gasteiger partial charge in [0.15, 0.2) is 23.0 Å². The zero-order chi connectivity index (χ0) is 23.1. The Labute approximate surface area is 180 Å². The minimum Gasteiger partial charge on any atom is -0.490 e. The van der Waals surface area contributed by atoms with Gasteiger partial charge in [0.05, 0.1) is 11.5 Å². The highest BCUT2D eigenvalue weighted by molar-refractivity contribution is 6.02. The maximum absolute atomic E-state index is 12.5. The van der Waals surface area contributed by atoms with Gasteiger partial charge in [-0.1, -0.05) is 12.1 Å². The van der Waals surface area contributed by atoms with Gasteiger partial charge in [0, 0.05) is 17.8 Å². The molecule has 3 rings (SSSR count). The second kappa shape index (κ2) is 10.2. The van der Waals surface area contributed by atoms with Gasteiger partial charge in [0.25, 0.3) is 5.91 Å². The summed E-state index contributed by atoms with van der Waals surface area (Å²) in [6.45, 7) is -1.27. The molecule has 9 nitrogen and oxygen atoms in total. The van der Waals surface area contributed by atoms with E-state index in [2.05, 4.69) is 10.1 Å². The molecule has 0 radical (unpaired) electrons. The number of nitro groups is 1. The first kappa shape index (κ1) is 22.5. The van der Waals surface area contributed by atoms with Crippen LogP contribution in [0.4, 0.5) is 20.2 Å². The highest BCUT2D eigenvalue weighted by atomic mass is 19.3. The smallest absolute Gasteiger partial charge is 0.387 e. The lowest BCUT2D eigenvalue weighted by Crippen LogP contribution is -2.11. The van der Waals surface area contributed by atoms with E-state index in [9.17, 15) is 23.7 Å². The number of halogens is 2. The van der Waals surface area contributed by atoms with Gasteiger partial charge in [0.1, 0.15) is 12.4 Å². The number of carbonyl (C=O) groups excluding carboxylic acids is 1. The Bertz CT molecular complexity index is 1100. The van der Waals surface area contributed by atoms with Gasteiger partial charge in [-0.3, -0.25) is 14.9 Å². The summed E-state index contributed by atoms with van der Waals surface area (Å²) in [7, 11) is 0. The third-order valence-electron chi connectivity index (χ3n) is 4.03. The summed E-state index contributed by atoms with van der Waals surface area (Å²) in [5.41, 5.74) is 0.0792. The van der Waals surface area contributed by atoms with E-state index in [1.54, 1.807) is 13.0 Å². The molecule has 0 aliphatic carbocycles. The fraction of sp³-hybridized carbons (Fsp3) is 0.190. The van der Waals surface area contributed by atoms with Crippen LogP contribution < -0.4 is 19.5 Å². The maximum Gasteiger partial charge on any atom is 0.387 e. The summed E-state index contributed by atoms with van der Waals surface area (Å²) >= 11 is 0. The van der Waals surface area contributed by atoms with Crippen molar-refractivity contribution in [2.75, 3.05) is 11.9 Å². The number of carbonyl (C=O) groups is 1. The Morgan fingerprint density at radius 3 is 2.59 bits per heavy atom. The number of nitrogens with one attached hydrogen (secondary N) is 1. The van der Waals surface area contributed by atoms with Crippen molar-refractivity contribution >= 4 is 17.3 Å². The summed E-state index contributed by atoms with van der Waals surface area (Å²) in [6, 6.07) is 12.7. The summed E-state index contributed by atoms with van der Waals surface area (Å²) in [5.74, 6) is -0.432. The number of hydrogen-bond acceptors (Lipinski definition) is 7. The quantitative estimate of drug-likeness (QED) is 0.342. The Morgan fingerprint density at radius 1 is 1.09 bits per heavy atom. The van der Waals surface area contributed by atoms with Crippen LogP contribution in [-0.2, 0) is 6.61 Å². The Hall–Kier alpha value is -4.15. The second-order valence-electron chi connectivity index (χ2n) is 6.21. The first-order valence-corrected chi connectivity index (χ1v) is 9.35. The number of benzene rings is 2. The molecule has 0 unspecified atom stereocenters. The first-order valence-electron chi connectivity index (χ1n) is 9.35. The average molecular weight is 448 g/mol. The molecule has 0 atom stereocenters. The Kier molecular flexibility index (Phi) is 7.21. The van der Waals surface area contributed by atoms with E-state index >= 15 is 0 Å². The van der Waals surface area contributed by atoms with Crippen molar-refractivity contribution in [3.63, 3.8) is 0 Å². The molecule has 1 N–H and O–H groups in total. The van der Waals surface area contributed by atoms with Gasteiger partial charge in [-0.15, -0.1) is 0 Å². The predicted octanol–water partition coefficient (Wildman–Crippen LogP) is 5.02. The molecule has 0 aliphatic rings. The van der Waals surface area contributed by atoms with E-state index in [-0.39, 0.29) is 53.4 Å². The standard InChI is InChI=1S/C21H18F2N2O7/c1-2-29-19-11-13(7-9-17(19)32-21(22)23)24-20(26)18-10-8-14(31-18)12-30-16-6-4-3-5-15(16)25(27)28/h3-11,21H,2,12H2,1H3,(H,24,26). The fourth-order valence-electron chi connectivity index (χ4n) is 2.70. The van der Waals surface area contributed by atoms with Crippen LogP contribution in [0.25, 0.3) is 0 Å². The molecule has 168 valence electrons. The Balaban J connectivity index is 1.66. The minimum absolute atomic E-state index is 0.0444. The SMILES string of the molecule is CCOc1cc(NC(=O)c2ccc(COc3ccccc3[N+](=O)[O-])o2)ccc1OC(F)F. The summed E-state index contributed by atoms with van der Waals surface area (Å²) in [5, 5.41) is 13.6. The van der Waals surface area contributed by atoms with Crippen LogP contribution in [0.5, 0.6) is 17.2 Å². The Morgan fingerprint density at radius 2 is 1.88 bits per heavy atom. The molecule has 3 aromatic rings. The van der Waals surface area contributed by atoms with Crippen molar-refractivity contribution in [1.29, 1.82) is 0 Å². The van der Waals surface area contributed by atoms with Gasteiger partial charge in [0.2, 0.25) is 0 Å². The lowest BCUT2D eigenvalue weighted by Gasteiger charge is -2.13. The number of furan rings is 1. The second-order valence-corrected chi connectivity index (χ2v) is 6.21. The molecule has 0 saturated heterocycles. The van der Waals surface area contributed by atoms with Crippen LogP contribution in [0.1, 0.15) is 23.2 Å². The van der Waals surface area contributed by atoms with Gasteiger partial charge < -0.3 is 23.9 Å². The van der Waals surface area contributed by atoms with E-state index in [0.717, 1.165) is 0 Å². The number of ether oxygens (including phenoxy) is 3. The normalized spacial score (nSPS) is 10.6. The number of nitro benzene ring substituents is 1. The summed E-state index contributed by atoms with van der Waals surface area (Å²) in [4.78, 5) is 22.9. The van der Waals surface area contributed by atoms with Gasteiger partial charge in [-0.05, 0) is 37.3 Å². The van der Waals surface area contributed by atoms with E-state index in [0.29, 0.717) is 0 Å². The molecule has 32 heavy (non-hydrogen) atoms. The molecular weight excluding hydrogens is 430 g/mol. The third kappa shape index (κ3) is 5.72. The van der Waals surface area contributed by atoms with Crippen LogP contribution in [-0.4, -0.2) is 24.0 Å². The molecule has 1 amide bonds. The zero-order valence-corrected chi connectivity index (χ0v) is 16.7. The zero-order valence-electron chi connectivity index (χ0n) is 16.7. The molecule has 0 fully saturated rings. The van der Waals surface area contributed by atoms with Crippen LogP contribution in [0.2, 0.25) is 0 Å². The van der Waals surface area contributed by atoms with Crippen LogP contribution in [0.3, 0.4) is 0 Å². The average Bonchev–Trinajstić information content (AvgIpc) is 3.23. The lowest BCUT2D eigenvalue weighted by atomic mass is 10.2. The number of alkyl halides is 2. The van der Waals surface area contributed by atoms with Crippen molar-refractivity contribution in [3.8, 4) is 17.2 Å². The number of nitrogens with zero attached hydrogens (tertiary/aromatic N) is 1. The van der Waals surface area contributed by atoms with Crippen molar-refractivity contribution in [2.45, 2.75) is 20.1 Å². The minimum atomic E-state index is -3.02. The number of amides is 1. The van der Waals surface area contributed by atoms with Crippen LogP contribution >= 0.6 is 0 Å². The van der Waals surface area contributed by atoms with Gasteiger partial charge >= 0.3 is 12.3 Å². The molecule has 11 heteroatoms. The molecule has 0 aliphatic heterocycles. The van der Waals surface area contributed by atoms with Crippen molar-refractivity contribution in [2.24, 2.45) is 0 Å². The van der Waals surface area contributed by atoms with E-state index in [1.807, 2.05) is 0 Å². The fourth-order valence-corrected chi connectivity index (χ4v) is 2.70. The van der Waals surface area contributed by atoms with E-state index in [4.69, 9.17) is 13.9 Å². The molecule has 2 aromatic carbocycles. The highest BCUT2D eigenvalue weighted by Gasteiger charge is 2.17. The van der Waals surface area contributed by atoms with E-state index in [1.165, 1.54) is 48.5 Å². The van der Waals surface area contributed by atoms with Gasteiger partial charge in [-0.2, -0.15) is 8.78 Å². The molecule has 1 aromatic heterocycles. The molecule has 0 saturated carbocycles. The van der Waals surface area contributed by atoms with Crippen LogP contribution in [0.15, 0.2) is 59.0 Å². The van der Waals surface area contributed by atoms with Gasteiger partial charge in [-0.25, -0.2) is 0 Å². The topological polar surface area (TPSA) is 113 Å². The predicted molar refractivity (Wildman–Crippen MR) is 108 cm³/mol. The number of rotatable bonds is 10. The van der Waals surface area contributed by atoms with E-state index < -0.39 is 17.4 Å². The van der Waals surface area contributed by atoms with Crippen LogP contribution in [0, 0.1) is 10.1 Å². The number of anilines is 1. The largest absolute Gasteiger partial charge is 0.490 e. The third-order valence-corrected chi connectivity index (χ3v) is 4.03. The van der Waals surface area contributed by atoms with Crippen molar-refractivity contribution < 1.29 is 37.1 Å². The molecular formula is C21H18F2N2O7. The number of hydrogen-bond donors (Lipinski definition) is 1. The first-order chi connectivity index (χ1) is 15.4. The summed E-state index contributed by atoms with van der Waals surface area (Å²) < 4.78 is 45.5. The van der Waals surface area contributed by atoms with Crippen molar-refractivity contribution in [1.82, 2.24) is 0 Å². The summed E-state index contributed by atoms with van der Waals surface area (Å²) in [6.07, 6.45) is 0. The lowest BCUT2D eigenvalue weighted by molar-refractivity contribution is -0.386. The molecule has 0 bridgehead atoms. The maximum atomic E-state index is 12.5. The molecule has 0 spiro atoms.